The monoisotopic (exact) mass is 483 g/mol. The summed E-state index contributed by atoms with van der Waals surface area (Å²) in [6.07, 6.45) is 6.27. The molecule has 1 aliphatic rings. The number of amides is 1. The number of thiazole rings is 1. The van der Waals surface area contributed by atoms with Gasteiger partial charge in [-0.3, -0.25) is 9.78 Å². The minimum atomic E-state index is -0.173. The van der Waals surface area contributed by atoms with Gasteiger partial charge in [0.2, 0.25) is 0 Å². The summed E-state index contributed by atoms with van der Waals surface area (Å²) < 4.78 is 6.23. The molecule has 1 atom stereocenters. The zero-order chi connectivity index (χ0) is 24.4. The summed E-state index contributed by atoms with van der Waals surface area (Å²) in [5.41, 5.74) is 6.76. The summed E-state index contributed by atoms with van der Waals surface area (Å²) in [6, 6.07) is 17.8. The molecule has 1 N–H and O–H groups in total. The lowest BCUT2D eigenvalue weighted by atomic mass is 10.0. The minimum Gasteiger partial charge on any atom is -0.431 e. The van der Waals surface area contributed by atoms with Crippen LogP contribution in [0.4, 0.5) is 0 Å². The number of hydrogen-bond donors (Lipinski definition) is 1. The minimum absolute atomic E-state index is 0.157. The Hall–Kier alpha value is -3.51. The van der Waals surface area contributed by atoms with Gasteiger partial charge in [0.15, 0.2) is 0 Å². The van der Waals surface area contributed by atoms with Gasteiger partial charge < -0.3 is 10.1 Å². The van der Waals surface area contributed by atoms with Gasteiger partial charge in [-0.25, -0.2) is 4.98 Å². The average Bonchev–Trinajstić information content (AvgIpc) is 3.27. The summed E-state index contributed by atoms with van der Waals surface area (Å²) >= 11 is 1.62. The molecule has 0 saturated carbocycles. The first kappa shape index (κ1) is 23.2. The first-order valence-electron chi connectivity index (χ1n) is 12.1. The molecule has 0 aliphatic heterocycles. The van der Waals surface area contributed by atoms with Crippen molar-refractivity contribution >= 4 is 17.2 Å². The van der Waals surface area contributed by atoms with E-state index < -0.39 is 0 Å². The fourth-order valence-corrected chi connectivity index (χ4v) is 5.29. The highest BCUT2D eigenvalue weighted by Crippen LogP contribution is 2.35. The zero-order valence-corrected chi connectivity index (χ0v) is 21.1. The number of ether oxygens (including phenoxy) is 1. The van der Waals surface area contributed by atoms with Crippen molar-refractivity contribution in [3.63, 3.8) is 0 Å². The largest absolute Gasteiger partial charge is 0.431 e. The second-order valence-electron chi connectivity index (χ2n) is 9.20. The molecule has 0 radical (unpaired) electrons. The highest BCUT2D eigenvalue weighted by Gasteiger charge is 2.18. The third-order valence-electron chi connectivity index (χ3n) is 6.37. The van der Waals surface area contributed by atoms with Crippen molar-refractivity contribution in [3.05, 3.63) is 93.7 Å². The lowest BCUT2D eigenvalue weighted by Gasteiger charge is -2.16. The predicted octanol–water partition coefficient (Wildman–Crippen LogP) is 6.98. The molecule has 1 amide bonds. The van der Waals surface area contributed by atoms with E-state index in [9.17, 15) is 4.79 Å². The number of rotatable bonds is 6. The van der Waals surface area contributed by atoms with E-state index >= 15 is 0 Å². The fraction of sp³-hybridized carbons (Fsp3) is 0.276. The van der Waals surface area contributed by atoms with Crippen LogP contribution in [0.3, 0.4) is 0 Å². The zero-order valence-electron chi connectivity index (χ0n) is 20.3. The Bertz CT molecular complexity index is 1320. The third kappa shape index (κ3) is 5.43. The molecule has 5 nitrogen and oxygen atoms in total. The molecule has 2 aromatic heterocycles. The van der Waals surface area contributed by atoms with E-state index in [1.54, 1.807) is 17.4 Å². The van der Waals surface area contributed by atoms with Gasteiger partial charge in [0.25, 0.3) is 11.1 Å². The fourth-order valence-electron chi connectivity index (χ4n) is 4.27. The van der Waals surface area contributed by atoms with Crippen molar-refractivity contribution in [3.8, 4) is 22.1 Å². The molecular formula is C29H29N3O2S. The number of fused-ring (bicyclic) bond motifs is 1. The SMILES string of the molecule is Cc1ccc(-c2cc(Oc3nc4c(s3)CCCC4)cc(C(=O)N[C@@H](C)c3ccc(C)nc3)c2)cc1. The van der Waals surface area contributed by atoms with Crippen LogP contribution in [0.2, 0.25) is 0 Å². The molecule has 178 valence electrons. The molecule has 6 heteroatoms. The lowest BCUT2D eigenvalue weighted by Crippen LogP contribution is -2.26. The number of carbonyl (C=O) groups excluding carboxylic acids is 1. The van der Waals surface area contributed by atoms with Crippen LogP contribution in [-0.2, 0) is 12.8 Å². The summed E-state index contributed by atoms with van der Waals surface area (Å²) in [5.74, 6) is 0.458. The molecule has 0 spiro atoms. The number of carbonyl (C=O) groups is 1. The number of aromatic nitrogens is 2. The summed E-state index contributed by atoms with van der Waals surface area (Å²) in [4.78, 5) is 23.7. The standard InChI is InChI=1S/C29H29N3O2S/c1-18-8-11-21(12-9-18)23-14-24(28(33)31-20(3)22-13-10-19(2)30-17-22)16-25(15-23)34-29-32-26-6-4-5-7-27(26)35-29/h8-17,20H,4-7H2,1-3H3,(H,31,33)/t20-/m0/s1. The van der Waals surface area contributed by atoms with Crippen LogP contribution in [0.15, 0.2) is 60.8 Å². The Morgan fingerprint density at radius 1 is 1.00 bits per heavy atom. The Morgan fingerprint density at radius 2 is 1.80 bits per heavy atom. The quantitative estimate of drug-likeness (QED) is 0.321. The number of hydrogen-bond acceptors (Lipinski definition) is 5. The number of benzene rings is 2. The molecule has 0 bridgehead atoms. The Labute approximate surface area is 210 Å². The molecule has 4 aromatic rings. The molecule has 2 heterocycles. The first-order chi connectivity index (χ1) is 16.9. The van der Waals surface area contributed by atoms with E-state index in [0.29, 0.717) is 16.5 Å². The number of nitrogens with one attached hydrogen (secondary N) is 1. The van der Waals surface area contributed by atoms with E-state index in [4.69, 9.17) is 9.72 Å². The first-order valence-corrected chi connectivity index (χ1v) is 12.9. The van der Waals surface area contributed by atoms with Crippen molar-refractivity contribution in [1.82, 2.24) is 15.3 Å². The van der Waals surface area contributed by atoms with Gasteiger partial charge in [-0.05, 0) is 87.4 Å². The van der Waals surface area contributed by atoms with Crippen LogP contribution in [0.1, 0.15) is 63.6 Å². The molecule has 5 rings (SSSR count). The van der Waals surface area contributed by atoms with Crippen LogP contribution >= 0.6 is 11.3 Å². The van der Waals surface area contributed by atoms with Crippen LogP contribution in [-0.4, -0.2) is 15.9 Å². The van der Waals surface area contributed by atoms with Gasteiger partial charge in [-0.1, -0.05) is 47.2 Å². The Kier molecular flexibility index (Phi) is 6.64. The maximum absolute atomic E-state index is 13.3. The third-order valence-corrected chi connectivity index (χ3v) is 7.40. The summed E-state index contributed by atoms with van der Waals surface area (Å²) in [6.45, 7) is 5.98. The second-order valence-corrected chi connectivity index (χ2v) is 10.2. The number of aryl methyl sites for hydroxylation is 4. The van der Waals surface area contributed by atoms with Crippen molar-refractivity contribution < 1.29 is 9.53 Å². The molecule has 0 unspecified atom stereocenters. The van der Waals surface area contributed by atoms with E-state index in [1.807, 2.05) is 44.3 Å². The highest BCUT2D eigenvalue weighted by molar-refractivity contribution is 7.13. The van der Waals surface area contributed by atoms with Gasteiger partial charge in [0.05, 0.1) is 11.7 Å². The molecule has 0 fully saturated rings. The number of nitrogens with zero attached hydrogens (tertiary/aromatic N) is 2. The van der Waals surface area contributed by atoms with Gasteiger partial charge >= 0.3 is 0 Å². The molecule has 35 heavy (non-hydrogen) atoms. The smallest absolute Gasteiger partial charge is 0.279 e. The average molecular weight is 484 g/mol. The van der Waals surface area contributed by atoms with Crippen molar-refractivity contribution in [2.24, 2.45) is 0 Å². The summed E-state index contributed by atoms with van der Waals surface area (Å²) in [7, 11) is 0. The number of pyridine rings is 1. The van der Waals surface area contributed by atoms with Crippen LogP contribution in [0, 0.1) is 13.8 Å². The van der Waals surface area contributed by atoms with Crippen molar-refractivity contribution in [2.45, 2.75) is 52.5 Å². The predicted molar refractivity (Wildman–Crippen MR) is 140 cm³/mol. The Morgan fingerprint density at radius 3 is 2.54 bits per heavy atom. The van der Waals surface area contributed by atoms with Crippen molar-refractivity contribution in [2.75, 3.05) is 0 Å². The van der Waals surface area contributed by atoms with E-state index in [2.05, 4.69) is 41.5 Å². The van der Waals surface area contributed by atoms with E-state index in [-0.39, 0.29) is 11.9 Å². The topological polar surface area (TPSA) is 64.1 Å². The highest BCUT2D eigenvalue weighted by atomic mass is 32.1. The van der Waals surface area contributed by atoms with E-state index in [0.717, 1.165) is 40.9 Å². The summed E-state index contributed by atoms with van der Waals surface area (Å²) in [5, 5.41) is 3.75. The molecule has 0 saturated heterocycles. The normalized spacial score (nSPS) is 13.7. The molecular weight excluding hydrogens is 454 g/mol. The molecule has 1 aliphatic carbocycles. The van der Waals surface area contributed by atoms with Crippen LogP contribution < -0.4 is 10.1 Å². The lowest BCUT2D eigenvalue weighted by molar-refractivity contribution is 0.0939. The van der Waals surface area contributed by atoms with Crippen LogP contribution in [0.25, 0.3) is 11.1 Å². The van der Waals surface area contributed by atoms with E-state index in [1.165, 1.54) is 23.3 Å². The van der Waals surface area contributed by atoms with Gasteiger partial charge in [-0.15, -0.1) is 0 Å². The second kappa shape index (κ2) is 10.0. The maximum Gasteiger partial charge on any atom is 0.279 e. The molecule has 2 aromatic carbocycles. The van der Waals surface area contributed by atoms with Gasteiger partial charge in [0.1, 0.15) is 5.75 Å². The van der Waals surface area contributed by atoms with Crippen molar-refractivity contribution in [1.29, 1.82) is 0 Å². The van der Waals surface area contributed by atoms with Crippen LogP contribution in [0.5, 0.6) is 10.9 Å². The van der Waals surface area contributed by atoms with Gasteiger partial charge in [0, 0.05) is 22.3 Å². The Balaban J connectivity index is 1.45. The maximum atomic E-state index is 13.3. The van der Waals surface area contributed by atoms with Gasteiger partial charge in [-0.2, -0.15) is 0 Å².